The molecule has 0 aliphatic heterocycles. The van der Waals surface area contributed by atoms with Crippen LogP contribution in [0.2, 0.25) is 0 Å². The molecular formula is C17H19NOSe. The summed E-state index contributed by atoms with van der Waals surface area (Å²) in [6.45, 7) is 0. The van der Waals surface area contributed by atoms with Gasteiger partial charge in [0.05, 0.1) is 0 Å². The van der Waals surface area contributed by atoms with Crippen LogP contribution in [0.15, 0.2) is 29.1 Å². The van der Waals surface area contributed by atoms with Crippen LogP contribution in [0, 0.1) is 17.8 Å². The van der Waals surface area contributed by atoms with Crippen LogP contribution in [-0.4, -0.2) is 18.3 Å². The molecular weight excluding hydrogens is 313 g/mol. The van der Waals surface area contributed by atoms with Crippen LogP contribution in [-0.2, 0) is 5.54 Å². The van der Waals surface area contributed by atoms with Crippen molar-refractivity contribution in [2.45, 2.75) is 44.1 Å². The second kappa shape index (κ2) is 3.90. The first kappa shape index (κ1) is 11.8. The molecule has 4 bridgehead atoms. The molecule has 1 heterocycles. The van der Waals surface area contributed by atoms with Crippen molar-refractivity contribution in [1.82, 2.24) is 3.56 Å². The first-order valence-corrected chi connectivity index (χ1v) is 9.47. The standard InChI is InChI=1S/C17H19NOSe/c19-16-14-3-1-2-4-15(14)20-18(16)17-8-11-5-12(9-17)7-13(6-11)10-17/h1-4,11-13H,5-10H2. The van der Waals surface area contributed by atoms with E-state index in [1.165, 1.54) is 42.8 Å². The molecule has 4 fully saturated rings. The van der Waals surface area contributed by atoms with Crippen molar-refractivity contribution in [2.75, 3.05) is 0 Å². The molecule has 104 valence electrons. The van der Waals surface area contributed by atoms with E-state index in [1.807, 2.05) is 12.1 Å². The fourth-order valence-corrected chi connectivity index (χ4v) is 8.09. The molecule has 2 nitrogen and oxygen atoms in total. The first-order valence-electron chi connectivity index (χ1n) is 7.85. The molecule has 1 aromatic heterocycles. The summed E-state index contributed by atoms with van der Waals surface area (Å²) in [4.78, 5) is 12.9. The molecule has 0 N–H and O–H groups in total. The maximum atomic E-state index is 12.9. The van der Waals surface area contributed by atoms with E-state index in [4.69, 9.17) is 0 Å². The molecule has 0 unspecified atom stereocenters. The predicted molar refractivity (Wildman–Crippen MR) is 81.3 cm³/mol. The zero-order valence-corrected chi connectivity index (χ0v) is 13.3. The normalized spacial score (nSPS) is 38.7. The van der Waals surface area contributed by atoms with Gasteiger partial charge in [0.1, 0.15) is 0 Å². The first-order chi connectivity index (χ1) is 9.73. The molecule has 4 aliphatic carbocycles. The molecule has 0 radical (unpaired) electrons. The Hall–Kier alpha value is -0.791. The summed E-state index contributed by atoms with van der Waals surface area (Å²) in [6, 6.07) is 8.28. The van der Waals surface area contributed by atoms with Crippen molar-refractivity contribution in [3.8, 4) is 0 Å². The maximum absolute atomic E-state index is 12.9. The Balaban J connectivity index is 1.71. The summed E-state index contributed by atoms with van der Waals surface area (Å²) >= 11 is 0.222. The van der Waals surface area contributed by atoms with Gasteiger partial charge in [-0.3, -0.25) is 0 Å². The van der Waals surface area contributed by atoms with Gasteiger partial charge in [-0.15, -0.1) is 0 Å². The number of benzene rings is 1. The molecule has 4 saturated carbocycles. The van der Waals surface area contributed by atoms with E-state index in [0.29, 0.717) is 5.56 Å². The topological polar surface area (TPSA) is 22.0 Å². The third-order valence-electron chi connectivity index (χ3n) is 5.93. The summed E-state index contributed by atoms with van der Waals surface area (Å²) in [7, 11) is 0. The molecule has 0 atom stereocenters. The predicted octanol–water partition coefficient (Wildman–Crippen LogP) is 2.98. The van der Waals surface area contributed by atoms with Crippen LogP contribution in [0.25, 0.3) is 9.65 Å². The average molecular weight is 332 g/mol. The fourth-order valence-electron chi connectivity index (χ4n) is 5.60. The van der Waals surface area contributed by atoms with Crippen molar-refractivity contribution in [3.63, 3.8) is 0 Å². The molecule has 0 amide bonds. The minimum absolute atomic E-state index is 0.222. The third-order valence-corrected chi connectivity index (χ3v) is 8.63. The Kier molecular flexibility index (Phi) is 2.30. The zero-order valence-electron chi connectivity index (χ0n) is 11.5. The van der Waals surface area contributed by atoms with Gasteiger partial charge in [-0.05, 0) is 0 Å². The monoisotopic (exact) mass is 333 g/mol. The minimum atomic E-state index is 0.222. The molecule has 6 rings (SSSR count). The van der Waals surface area contributed by atoms with Crippen molar-refractivity contribution < 1.29 is 0 Å². The Morgan fingerprint density at radius 2 is 1.60 bits per heavy atom. The van der Waals surface area contributed by atoms with Gasteiger partial charge in [-0.1, -0.05) is 0 Å². The van der Waals surface area contributed by atoms with E-state index in [-0.39, 0.29) is 20.3 Å². The van der Waals surface area contributed by atoms with Gasteiger partial charge in [0.15, 0.2) is 0 Å². The average Bonchev–Trinajstić information content (AvgIpc) is 2.76. The van der Waals surface area contributed by atoms with Gasteiger partial charge in [0.2, 0.25) is 0 Å². The fraction of sp³-hybridized carbons (Fsp3) is 0.588. The summed E-state index contributed by atoms with van der Waals surface area (Å²) in [5, 5.41) is 0.989. The van der Waals surface area contributed by atoms with Crippen molar-refractivity contribution in [3.05, 3.63) is 34.6 Å². The summed E-state index contributed by atoms with van der Waals surface area (Å²) in [5.41, 5.74) is 0.577. The van der Waals surface area contributed by atoms with E-state index < -0.39 is 0 Å². The number of aromatic nitrogens is 1. The molecule has 0 saturated heterocycles. The Morgan fingerprint density at radius 3 is 2.20 bits per heavy atom. The molecule has 4 aliphatic rings. The number of nitrogens with zero attached hydrogens (tertiary/aromatic N) is 1. The van der Waals surface area contributed by atoms with E-state index in [9.17, 15) is 4.79 Å². The molecule has 20 heavy (non-hydrogen) atoms. The number of rotatable bonds is 1. The summed E-state index contributed by atoms with van der Waals surface area (Å²) in [5.74, 6) is 2.73. The molecule has 2 aromatic rings. The zero-order chi connectivity index (χ0) is 13.3. The summed E-state index contributed by atoms with van der Waals surface area (Å²) in [6.07, 6.45) is 8.21. The third kappa shape index (κ3) is 1.48. The molecule has 3 heteroatoms. The van der Waals surface area contributed by atoms with E-state index in [1.54, 1.807) is 0 Å². The van der Waals surface area contributed by atoms with Crippen molar-refractivity contribution in [2.24, 2.45) is 17.8 Å². The molecule has 0 spiro atoms. The second-order valence-electron chi connectivity index (χ2n) is 7.33. The van der Waals surface area contributed by atoms with Crippen LogP contribution in [0.4, 0.5) is 0 Å². The van der Waals surface area contributed by atoms with Crippen molar-refractivity contribution in [1.29, 1.82) is 0 Å². The van der Waals surface area contributed by atoms with Gasteiger partial charge < -0.3 is 0 Å². The second-order valence-corrected chi connectivity index (χ2v) is 9.40. The van der Waals surface area contributed by atoms with Gasteiger partial charge >= 0.3 is 124 Å². The van der Waals surface area contributed by atoms with Gasteiger partial charge in [-0.2, -0.15) is 0 Å². The quantitative estimate of drug-likeness (QED) is 0.736. The number of hydrogen-bond acceptors (Lipinski definition) is 1. The van der Waals surface area contributed by atoms with Crippen molar-refractivity contribution >= 4 is 24.4 Å². The Morgan fingerprint density at radius 1 is 1.00 bits per heavy atom. The number of hydrogen-bond donors (Lipinski definition) is 0. The van der Waals surface area contributed by atoms with Gasteiger partial charge in [0.25, 0.3) is 0 Å². The van der Waals surface area contributed by atoms with Gasteiger partial charge in [0, 0.05) is 0 Å². The van der Waals surface area contributed by atoms with E-state index in [0.717, 1.165) is 23.1 Å². The Labute approximate surface area is 124 Å². The Bertz CT molecular complexity index is 705. The van der Waals surface area contributed by atoms with Crippen LogP contribution in [0.1, 0.15) is 38.5 Å². The van der Waals surface area contributed by atoms with Crippen LogP contribution < -0.4 is 5.56 Å². The van der Waals surface area contributed by atoms with Crippen LogP contribution in [0.5, 0.6) is 0 Å². The molecule has 1 aromatic carbocycles. The van der Waals surface area contributed by atoms with Gasteiger partial charge in [-0.25, -0.2) is 0 Å². The summed E-state index contributed by atoms with van der Waals surface area (Å²) < 4.78 is 3.63. The SMILES string of the molecule is O=c1c2ccccc2[se]n1C12CC3CC(CC(C3)C1)C2. The number of fused-ring (bicyclic) bond motifs is 1. The van der Waals surface area contributed by atoms with E-state index in [2.05, 4.69) is 15.7 Å². The van der Waals surface area contributed by atoms with Crippen LogP contribution in [0.3, 0.4) is 0 Å². The van der Waals surface area contributed by atoms with Crippen LogP contribution >= 0.6 is 0 Å². The van der Waals surface area contributed by atoms with E-state index >= 15 is 0 Å².